The maximum absolute atomic E-state index is 6.03. The monoisotopic (exact) mass is 212 g/mol. The first-order valence-corrected chi connectivity index (χ1v) is 6.42. The third-order valence-corrected chi connectivity index (χ3v) is 3.95. The van der Waals surface area contributed by atoms with Crippen LogP contribution < -0.4 is 0 Å². The van der Waals surface area contributed by atoms with Crippen molar-refractivity contribution in [1.29, 1.82) is 0 Å². The number of rotatable bonds is 1. The summed E-state index contributed by atoms with van der Waals surface area (Å²) in [4.78, 5) is 0. The van der Waals surface area contributed by atoms with Crippen LogP contribution in [0.1, 0.15) is 46.5 Å². The highest BCUT2D eigenvalue weighted by atomic mass is 16.7. The molecule has 2 nitrogen and oxygen atoms in total. The molecule has 1 aliphatic heterocycles. The smallest absolute Gasteiger partial charge is 0.171 e. The molecule has 1 saturated carbocycles. The molecular weight excluding hydrogens is 188 g/mol. The van der Waals surface area contributed by atoms with Crippen molar-refractivity contribution in [2.24, 2.45) is 17.8 Å². The molecule has 88 valence electrons. The highest BCUT2D eigenvalue weighted by Gasteiger charge is 2.47. The van der Waals surface area contributed by atoms with Crippen molar-refractivity contribution in [2.75, 3.05) is 13.2 Å². The molecule has 1 saturated heterocycles. The molecular formula is C13H24O2. The van der Waals surface area contributed by atoms with Crippen LogP contribution in [0.25, 0.3) is 0 Å². The van der Waals surface area contributed by atoms with Crippen LogP contribution in [0.2, 0.25) is 0 Å². The fourth-order valence-electron chi connectivity index (χ4n) is 3.19. The summed E-state index contributed by atoms with van der Waals surface area (Å²) in [5.74, 6) is 1.77. The fraction of sp³-hybridized carbons (Fsp3) is 1.00. The van der Waals surface area contributed by atoms with E-state index in [1.807, 2.05) is 0 Å². The third-order valence-electron chi connectivity index (χ3n) is 3.95. The van der Waals surface area contributed by atoms with E-state index in [0.29, 0.717) is 11.8 Å². The first-order chi connectivity index (χ1) is 7.14. The van der Waals surface area contributed by atoms with Crippen molar-refractivity contribution < 1.29 is 9.47 Å². The molecule has 2 rings (SSSR count). The Labute approximate surface area is 93.3 Å². The summed E-state index contributed by atoms with van der Waals surface area (Å²) in [5.41, 5.74) is 0. The van der Waals surface area contributed by atoms with Gasteiger partial charge in [0.2, 0.25) is 0 Å². The molecule has 15 heavy (non-hydrogen) atoms. The summed E-state index contributed by atoms with van der Waals surface area (Å²) >= 11 is 0. The van der Waals surface area contributed by atoms with E-state index < -0.39 is 0 Å². The molecule has 0 aromatic heterocycles. The van der Waals surface area contributed by atoms with Gasteiger partial charge in [0, 0.05) is 12.3 Å². The largest absolute Gasteiger partial charge is 0.350 e. The van der Waals surface area contributed by atoms with Gasteiger partial charge in [0.25, 0.3) is 0 Å². The van der Waals surface area contributed by atoms with Crippen molar-refractivity contribution in [1.82, 2.24) is 0 Å². The van der Waals surface area contributed by atoms with Gasteiger partial charge in [-0.05, 0) is 24.7 Å². The maximum atomic E-state index is 6.03. The van der Waals surface area contributed by atoms with Gasteiger partial charge in [-0.15, -0.1) is 0 Å². The number of hydrogen-bond donors (Lipinski definition) is 0. The molecule has 0 bridgehead atoms. The Morgan fingerprint density at radius 3 is 2.40 bits per heavy atom. The minimum atomic E-state index is -0.232. The summed E-state index contributed by atoms with van der Waals surface area (Å²) < 4.78 is 12.1. The van der Waals surface area contributed by atoms with Gasteiger partial charge in [0.15, 0.2) is 5.79 Å². The highest BCUT2D eigenvalue weighted by molar-refractivity contribution is 4.89. The predicted octanol–water partition coefficient (Wildman–Crippen LogP) is 3.21. The predicted molar refractivity (Wildman–Crippen MR) is 60.6 cm³/mol. The number of hydrogen-bond acceptors (Lipinski definition) is 2. The molecule has 2 unspecified atom stereocenters. The molecule has 0 radical (unpaired) electrons. The first-order valence-electron chi connectivity index (χ1n) is 6.42. The Kier molecular flexibility index (Phi) is 3.36. The van der Waals surface area contributed by atoms with Crippen LogP contribution in [0.15, 0.2) is 0 Å². The molecule has 2 heteroatoms. The normalized spacial score (nSPS) is 36.0. The SMILES string of the molecule is CC1CCC(C(C)C)C2(C1)OCCCO2. The summed E-state index contributed by atoms with van der Waals surface area (Å²) in [6.45, 7) is 8.68. The van der Waals surface area contributed by atoms with Gasteiger partial charge >= 0.3 is 0 Å². The van der Waals surface area contributed by atoms with Crippen molar-refractivity contribution in [3.63, 3.8) is 0 Å². The summed E-state index contributed by atoms with van der Waals surface area (Å²) in [6.07, 6.45) is 4.74. The second kappa shape index (κ2) is 4.42. The second-order valence-corrected chi connectivity index (χ2v) is 5.60. The van der Waals surface area contributed by atoms with E-state index in [1.165, 1.54) is 12.8 Å². The standard InChI is InChI=1S/C13H24O2/c1-10(2)12-6-5-11(3)9-13(12)14-7-4-8-15-13/h10-12H,4-9H2,1-3H3. The number of ether oxygens (including phenoxy) is 2. The van der Waals surface area contributed by atoms with E-state index in [9.17, 15) is 0 Å². The van der Waals surface area contributed by atoms with Gasteiger partial charge in [0.1, 0.15) is 0 Å². The van der Waals surface area contributed by atoms with Crippen LogP contribution >= 0.6 is 0 Å². The topological polar surface area (TPSA) is 18.5 Å². The third kappa shape index (κ3) is 2.21. The maximum Gasteiger partial charge on any atom is 0.171 e. The molecule has 1 aliphatic carbocycles. The van der Waals surface area contributed by atoms with E-state index >= 15 is 0 Å². The van der Waals surface area contributed by atoms with Gasteiger partial charge in [-0.3, -0.25) is 0 Å². The second-order valence-electron chi connectivity index (χ2n) is 5.60. The summed E-state index contributed by atoms with van der Waals surface area (Å²) in [7, 11) is 0. The minimum absolute atomic E-state index is 0.232. The first kappa shape index (κ1) is 11.4. The van der Waals surface area contributed by atoms with Crippen LogP contribution in [0, 0.1) is 17.8 Å². The van der Waals surface area contributed by atoms with E-state index in [2.05, 4.69) is 20.8 Å². The van der Waals surface area contributed by atoms with Crippen LogP contribution in [0.4, 0.5) is 0 Å². The quantitative estimate of drug-likeness (QED) is 0.664. The van der Waals surface area contributed by atoms with Gasteiger partial charge in [-0.1, -0.05) is 27.2 Å². The van der Waals surface area contributed by atoms with Crippen molar-refractivity contribution in [3.05, 3.63) is 0 Å². The average molecular weight is 212 g/mol. The molecule has 2 atom stereocenters. The van der Waals surface area contributed by atoms with Crippen molar-refractivity contribution in [3.8, 4) is 0 Å². The minimum Gasteiger partial charge on any atom is -0.350 e. The van der Waals surface area contributed by atoms with Gasteiger partial charge < -0.3 is 9.47 Å². The Balaban J connectivity index is 2.14. The fourth-order valence-corrected chi connectivity index (χ4v) is 3.19. The van der Waals surface area contributed by atoms with Gasteiger partial charge in [0.05, 0.1) is 13.2 Å². The van der Waals surface area contributed by atoms with Crippen LogP contribution in [0.5, 0.6) is 0 Å². The molecule has 2 aliphatic rings. The Bertz CT molecular complexity index is 207. The van der Waals surface area contributed by atoms with E-state index in [1.54, 1.807) is 0 Å². The molecule has 2 fully saturated rings. The molecule has 1 heterocycles. The Morgan fingerprint density at radius 1 is 1.13 bits per heavy atom. The molecule has 0 amide bonds. The zero-order valence-electron chi connectivity index (χ0n) is 10.3. The van der Waals surface area contributed by atoms with Crippen LogP contribution in [0.3, 0.4) is 0 Å². The molecule has 0 aromatic rings. The van der Waals surface area contributed by atoms with Crippen molar-refractivity contribution in [2.45, 2.75) is 52.2 Å². The van der Waals surface area contributed by atoms with Crippen molar-refractivity contribution >= 4 is 0 Å². The lowest BCUT2D eigenvalue weighted by Gasteiger charge is -2.49. The zero-order valence-corrected chi connectivity index (χ0v) is 10.3. The van der Waals surface area contributed by atoms with Gasteiger partial charge in [-0.2, -0.15) is 0 Å². The summed E-state index contributed by atoms with van der Waals surface area (Å²) in [5, 5.41) is 0. The van der Waals surface area contributed by atoms with E-state index in [4.69, 9.17) is 9.47 Å². The average Bonchev–Trinajstić information content (AvgIpc) is 2.18. The lowest BCUT2D eigenvalue weighted by molar-refractivity contribution is -0.317. The molecule has 0 aromatic carbocycles. The summed E-state index contributed by atoms with van der Waals surface area (Å²) in [6, 6.07) is 0. The molecule has 1 spiro atoms. The Hall–Kier alpha value is -0.0800. The lowest BCUT2D eigenvalue weighted by atomic mass is 9.72. The molecule has 0 N–H and O–H groups in total. The zero-order chi connectivity index (χ0) is 10.9. The van der Waals surface area contributed by atoms with E-state index in [0.717, 1.165) is 32.0 Å². The van der Waals surface area contributed by atoms with Gasteiger partial charge in [-0.25, -0.2) is 0 Å². The lowest BCUT2D eigenvalue weighted by Crippen LogP contribution is -2.52. The van der Waals surface area contributed by atoms with Crippen LogP contribution in [-0.4, -0.2) is 19.0 Å². The van der Waals surface area contributed by atoms with Crippen LogP contribution in [-0.2, 0) is 9.47 Å². The Morgan fingerprint density at radius 2 is 1.80 bits per heavy atom. The highest BCUT2D eigenvalue weighted by Crippen LogP contribution is 2.45. The van der Waals surface area contributed by atoms with E-state index in [-0.39, 0.29) is 5.79 Å².